The molecule has 1 aliphatic heterocycles. The van der Waals surface area contributed by atoms with Crippen LogP contribution in [0, 0.1) is 0 Å². The normalized spacial score (nSPS) is 14.0. The Kier molecular flexibility index (Phi) is 4.93. The third-order valence-corrected chi connectivity index (χ3v) is 3.70. The molecule has 0 saturated carbocycles. The lowest BCUT2D eigenvalue weighted by atomic mass is 10.1. The lowest BCUT2D eigenvalue weighted by Gasteiger charge is -2.10. The Balaban J connectivity index is 1.79. The monoisotopic (exact) mass is 353 g/mol. The predicted molar refractivity (Wildman–Crippen MR) is 96.7 cm³/mol. The summed E-state index contributed by atoms with van der Waals surface area (Å²) < 4.78 is 16.2. The van der Waals surface area contributed by atoms with Crippen LogP contribution in [-0.4, -0.2) is 37.5 Å². The summed E-state index contributed by atoms with van der Waals surface area (Å²) in [6, 6.07) is 12.1. The molecule has 1 amide bonds. The fourth-order valence-corrected chi connectivity index (χ4v) is 2.40. The van der Waals surface area contributed by atoms with Gasteiger partial charge in [-0.15, -0.1) is 0 Å². The van der Waals surface area contributed by atoms with Gasteiger partial charge in [0.05, 0.1) is 12.2 Å². The minimum Gasteiger partial charge on any atom is -0.494 e. The number of nitrogens with zero attached hydrogens (tertiary/aromatic N) is 1. The van der Waals surface area contributed by atoms with Crippen LogP contribution in [-0.2, 0) is 0 Å². The van der Waals surface area contributed by atoms with Crippen molar-refractivity contribution in [1.29, 1.82) is 0 Å². The molecule has 0 spiro atoms. The summed E-state index contributed by atoms with van der Waals surface area (Å²) in [5.41, 5.74) is 1.26. The molecule has 0 atom stereocenters. The highest BCUT2D eigenvalue weighted by atomic mass is 16.6. The molecule has 0 N–H and O–H groups in total. The summed E-state index contributed by atoms with van der Waals surface area (Å²) in [5.74, 6) is 1.47. The number of Topliss-reactive ketones (excluding diaryl/α,β-unsaturated/α-hetero) is 1. The predicted octanol–water partition coefficient (Wildman–Crippen LogP) is 3.76. The zero-order chi connectivity index (χ0) is 18.7. The first-order valence-electron chi connectivity index (χ1n) is 8.18. The van der Waals surface area contributed by atoms with Crippen LogP contribution in [0.2, 0.25) is 0 Å². The van der Waals surface area contributed by atoms with E-state index in [1.165, 1.54) is 11.0 Å². The van der Waals surface area contributed by atoms with E-state index in [1.54, 1.807) is 32.3 Å². The van der Waals surface area contributed by atoms with Crippen molar-refractivity contribution in [3.8, 4) is 17.2 Å². The van der Waals surface area contributed by atoms with E-state index in [9.17, 15) is 9.59 Å². The van der Waals surface area contributed by atoms with Crippen LogP contribution >= 0.6 is 0 Å². The summed E-state index contributed by atoms with van der Waals surface area (Å²) in [6.45, 7) is 2.51. The number of fused-ring (bicyclic) bond motifs is 1. The van der Waals surface area contributed by atoms with Crippen molar-refractivity contribution in [1.82, 2.24) is 4.90 Å². The van der Waals surface area contributed by atoms with Crippen molar-refractivity contribution in [3.63, 3.8) is 0 Å². The molecular formula is C20H19NO5. The minimum atomic E-state index is -0.501. The second-order valence-electron chi connectivity index (χ2n) is 5.86. The van der Waals surface area contributed by atoms with Crippen LogP contribution < -0.4 is 14.2 Å². The highest BCUT2D eigenvalue weighted by Crippen LogP contribution is 2.35. The molecule has 0 saturated heterocycles. The van der Waals surface area contributed by atoms with Crippen molar-refractivity contribution < 1.29 is 23.8 Å². The molecule has 134 valence electrons. The van der Waals surface area contributed by atoms with Crippen LogP contribution in [0.3, 0.4) is 0 Å². The zero-order valence-corrected chi connectivity index (χ0v) is 14.8. The van der Waals surface area contributed by atoms with Crippen molar-refractivity contribution >= 4 is 18.0 Å². The van der Waals surface area contributed by atoms with Crippen molar-refractivity contribution in [3.05, 3.63) is 59.4 Å². The maximum atomic E-state index is 12.5. The first-order valence-corrected chi connectivity index (χ1v) is 8.18. The number of hydrogen-bond acceptors (Lipinski definition) is 5. The minimum absolute atomic E-state index is 0.209. The van der Waals surface area contributed by atoms with E-state index in [1.807, 2.05) is 31.2 Å². The maximum Gasteiger partial charge on any atom is 0.414 e. The number of hydrogen-bond donors (Lipinski definition) is 0. The average Bonchev–Trinajstić information content (AvgIpc) is 2.92. The Bertz CT molecular complexity index is 868. The number of amides is 1. The van der Waals surface area contributed by atoms with Crippen LogP contribution in [0.25, 0.3) is 6.08 Å². The smallest absolute Gasteiger partial charge is 0.414 e. The largest absolute Gasteiger partial charge is 0.494 e. The van der Waals surface area contributed by atoms with Gasteiger partial charge in [0.15, 0.2) is 5.76 Å². The molecule has 26 heavy (non-hydrogen) atoms. The van der Waals surface area contributed by atoms with Gasteiger partial charge in [-0.1, -0.05) is 12.1 Å². The lowest BCUT2D eigenvalue weighted by molar-refractivity contribution is 0.101. The molecule has 1 heterocycles. The van der Waals surface area contributed by atoms with Crippen LogP contribution in [0.5, 0.6) is 17.2 Å². The van der Waals surface area contributed by atoms with Gasteiger partial charge in [-0.3, -0.25) is 4.79 Å². The lowest BCUT2D eigenvalue weighted by Crippen LogP contribution is -2.25. The number of rotatable bonds is 4. The first kappa shape index (κ1) is 17.5. The van der Waals surface area contributed by atoms with Gasteiger partial charge in [-0.05, 0) is 42.8 Å². The van der Waals surface area contributed by atoms with E-state index in [-0.39, 0.29) is 11.5 Å². The molecular weight excluding hydrogens is 334 g/mol. The SMILES string of the molecule is CCOc1ccc(C=C2Oc3cc(OC(=O)N(C)C)ccc3C2=O)cc1. The number of ketones is 1. The average molecular weight is 353 g/mol. The van der Waals surface area contributed by atoms with E-state index in [0.29, 0.717) is 23.7 Å². The fraction of sp³-hybridized carbons (Fsp3) is 0.200. The van der Waals surface area contributed by atoms with E-state index >= 15 is 0 Å². The number of allylic oxidation sites excluding steroid dienone is 1. The van der Waals surface area contributed by atoms with Crippen molar-refractivity contribution in [2.45, 2.75) is 6.92 Å². The Hall–Kier alpha value is -3.28. The van der Waals surface area contributed by atoms with E-state index in [0.717, 1.165) is 11.3 Å². The number of carbonyl (C=O) groups excluding carboxylic acids is 2. The summed E-state index contributed by atoms with van der Waals surface area (Å²) in [5, 5.41) is 0. The molecule has 0 aromatic heterocycles. The number of carbonyl (C=O) groups is 2. The molecule has 6 nitrogen and oxygen atoms in total. The van der Waals surface area contributed by atoms with Gasteiger partial charge in [-0.2, -0.15) is 0 Å². The first-order chi connectivity index (χ1) is 12.5. The van der Waals surface area contributed by atoms with Gasteiger partial charge in [0, 0.05) is 20.2 Å². The highest BCUT2D eigenvalue weighted by molar-refractivity contribution is 6.14. The van der Waals surface area contributed by atoms with E-state index in [4.69, 9.17) is 14.2 Å². The Morgan fingerprint density at radius 3 is 2.46 bits per heavy atom. The number of ether oxygens (including phenoxy) is 3. The molecule has 1 aliphatic rings. The topological polar surface area (TPSA) is 65.1 Å². The van der Waals surface area contributed by atoms with Gasteiger partial charge in [-0.25, -0.2) is 4.79 Å². The third-order valence-electron chi connectivity index (χ3n) is 3.70. The van der Waals surface area contributed by atoms with Gasteiger partial charge >= 0.3 is 6.09 Å². The summed E-state index contributed by atoms with van der Waals surface area (Å²) in [6.07, 6.45) is 1.17. The van der Waals surface area contributed by atoms with Gasteiger partial charge in [0.2, 0.25) is 5.78 Å². The molecule has 0 fully saturated rings. The molecule has 3 rings (SSSR count). The van der Waals surface area contributed by atoms with Gasteiger partial charge in [0.25, 0.3) is 0 Å². The maximum absolute atomic E-state index is 12.5. The molecule has 6 heteroatoms. The molecule has 0 aliphatic carbocycles. The number of benzene rings is 2. The zero-order valence-electron chi connectivity index (χ0n) is 14.8. The van der Waals surface area contributed by atoms with Gasteiger partial charge in [0.1, 0.15) is 17.2 Å². The molecule has 0 radical (unpaired) electrons. The Morgan fingerprint density at radius 1 is 1.12 bits per heavy atom. The van der Waals surface area contributed by atoms with Crippen LogP contribution in [0.4, 0.5) is 4.79 Å². The third kappa shape index (κ3) is 3.69. The summed E-state index contributed by atoms with van der Waals surface area (Å²) in [7, 11) is 3.18. The standard InChI is InChI=1S/C20H19NO5/c1-4-24-14-7-5-13(6-8-14)11-18-19(22)16-10-9-15(12-17(16)26-18)25-20(23)21(2)3/h5-12H,4H2,1-3H3. The molecule has 0 bridgehead atoms. The molecule has 2 aromatic carbocycles. The summed E-state index contributed by atoms with van der Waals surface area (Å²) in [4.78, 5) is 25.4. The Morgan fingerprint density at radius 2 is 1.81 bits per heavy atom. The van der Waals surface area contributed by atoms with E-state index in [2.05, 4.69) is 0 Å². The summed E-state index contributed by atoms with van der Waals surface area (Å²) >= 11 is 0. The van der Waals surface area contributed by atoms with E-state index < -0.39 is 6.09 Å². The van der Waals surface area contributed by atoms with Crippen LogP contribution in [0.15, 0.2) is 48.2 Å². The molecule has 0 unspecified atom stereocenters. The Labute approximate surface area is 151 Å². The quantitative estimate of drug-likeness (QED) is 0.783. The van der Waals surface area contributed by atoms with Crippen molar-refractivity contribution in [2.24, 2.45) is 0 Å². The highest BCUT2D eigenvalue weighted by Gasteiger charge is 2.28. The fourth-order valence-electron chi connectivity index (χ4n) is 2.40. The van der Waals surface area contributed by atoms with Crippen LogP contribution in [0.1, 0.15) is 22.8 Å². The second kappa shape index (κ2) is 7.31. The van der Waals surface area contributed by atoms with Gasteiger partial charge < -0.3 is 19.1 Å². The van der Waals surface area contributed by atoms with Crippen molar-refractivity contribution in [2.75, 3.05) is 20.7 Å². The second-order valence-corrected chi connectivity index (χ2v) is 5.86. The molecule has 2 aromatic rings.